The molecule has 0 spiro atoms. The summed E-state index contributed by atoms with van der Waals surface area (Å²) >= 11 is 1.37. The van der Waals surface area contributed by atoms with Crippen LogP contribution < -0.4 is 10.1 Å². The molecule has 5 aromatic rings. The normalized spacial score (nSPS) is 11.2. The number of methoxy groups -OCH3 is 1. The van der Waals surface area contributed by atoms with Crippen LogP contribution in [0.5, 0.6) is 5.75 Å². The number of fused-ring (bicyclic) bond motifs is 3. The highest BCUT2D eigenvalue weighted by Gasteiger charge is 2.22. The molecule has 0 saturated heterocycles. The zero-order valence-corrected chi connectivity index (χ0v) is 18.4. The highest BCUT2D eigenvalue weighted by Crippen LogP contribution is 2.37. The van der Waals surface area contributed by atoms with Crippen LogP contribution in [0.25, 0.3) is 33.5 Å². The third-order valence-corrected chi connectivity index (χ3v) is 5.85. The molecule has 32 heavy (non-hydrogen) atoms. The highest BCUT2D eigenvalue weighted by molar-refractivity contribution is 7.98. The number of aryl methyl sites for hydroxylation is 1. The lowest BCUT2D eigenvalue weighted by atomic mass is 10.1. The molecule has 0 radical (unpaired) electrons. The average molecular weight is 446 g/mol. The van der Waals surface area contributed by atoms with Crippen LogP contribution in [0.15, 0.2) is 68.7 Å². The van der Waals surface area contributed by atoms with Crippen molar-refractivity contribution in [3.63, 3.8) is 0 Å². The Morgan fingerprint density at radius 3 is 2.66 bits per heavy atom. The van der Waals surface area contributed by atoms with Crippen LogP contribution in [0.2, 0.25) is 0 Å². The number of nitrogens with one attached hydrogen (secondary N) is 1. The molecular formula is C24H19N3O4S. The fourth-order valence-electron chi connectivity index (χ4n) is 3.67. The predicted molar refractivity (Wildman–Crippen MR) is 124 cm³/mol. The van der Waals surface area contributed by atoms with E-state index in [0.29, 0.717) is 44.9 Å². The molecule has 2 aromatic carbocycles. The van der Waals surface area contributed by atoms with E-state index >= 15 is 0 Å². The standard InChI is InChI=1S/C24H19N3O4S/c1-13-21(24(32-3)27-22(25-13)18-9-6-10-30-18)23(28)26-16-12-19-15(11-20(16)29-2)14-7-4-5-8-17(14)31-19/h4-12H,1-3H3,(H,26,28). The molecule has 0 aliphatic heterocycles. The summed E-state index contributed by atoms with van der Waals surface area (Å²) in [5.74, 6) is 1.20. The third kappa shape index (κ3) is 3.38. The number of nitrogens with zero attached hydrogens (tertiary/aromatic N) is 2. The molecular weight excluding hydrogens is 426 g/mol. The number of ether oxygens (including phenoxy) is 1. The van der Waals surface area contributed by atoms with Crippen LogP contribution in [-0.2, 0) is 0 Å². The molecule has 7 nitrogen and oxygen atoms in total. The second kappa shape index (κ2) is 8.05. The second-order valence-electron chi connectivity index (χ2n) is 7.10. The maximum atomic E-state index is 13.3. The molecule has 1 N–H and O–H groups in total. The van der Waals surface area contributed by atoms with Crippen LogP contribution in [0, 0.1) is 6.92 Å². The van der Waals surface area contributed by atoms with Gasteiger partial charge in [-0.15, -0.1) is 11.8 Å². The van der Waals surface area contributed by atoms with Crippen molar-refractivity contribution >= 4 is 45.3 Å². The summed E-state index contributed by atoms with van der Waals surface area (Å²) in [5, 5.41) is 5.41. The van der Waals surface area contributed by atoms with E-state index in [0.717, 1.165) is 16.4 Å². The summed E-state index contributed by atoms with van der Waals surface area (Å²) < 4.78 is 16.9. The van der Waals surface area contributed by atoms with Gasteiger partial charge in [0.2, 0.25) is 0 Å². The number of carbonyl (C=O) groups excluding carboxylic acids is 1. The van der Waals surface area contributed by atoms with Crippen molar-refractivity contribution < 1.29 is 18.4 Å². The van der Waals surface area contributed by atoms with Crippen LogP contribution in [0.3, 0.4) is 0 Å². The Balaban J connectivity index is 1.55. The van der Waals surface area contributed by atoms with Gasteiger partial charge in [0, 0.05) is 16.8 Å². The average Bonchev–Trinajstić information content (AvgIpc) is 3.45. The maximum absolute atomic E-state index is 13.3. The molecule has 1 amide bonds. The molecule has 8 heteroatoms. The molecule has 0 saturated carbocycles. The van der Waals surface area contributed by atoms with E-state index in [-0.39, 0.29) is 5.91 Å². The Morgan fingerprint density at radius 2 is 1.91 bits per heavy atom. The van der Waals surface area contributed by atoms with Crippen molar-refractivity contribution in [3.8, 4) is 17.3 Å². The minimum Gasteiger partial charge on any atom is -0.495 e. The number of rotatable bonds is 5. The smallest absolute Gasteiger partial charge is 0.260 e. The summed E-state index contributed by atoms with van der Waals surface area (Å²) in [6.07, 6.45) is 3.43. The van der Waals surface area contributed by atoms with Crippen molar-refractivity contribution in [3.05, 3.63) is 66.1 Å². The van der Waals surface area contributed by atoms with E-state index < -0.39 is 0 Å². The third-order valence-electron chi connectivity index (χ3n) is 5.17. The number of para-hydroxylation sites is 1. The molecule has 0 fully saturated rings. The van der Waals surface area contributed by atoms with Crippen molar-refractivity contribution in [2.24, 2.45) is 0 Å². The first-order valence-electron chi connectivity index (χ1n) is 9.86. The zero-order valence-electron chi connectivity index (χ0n) is 17.6. The minimum atomic E-state index is -0.327. The first-order chi connectivity index (χ1) is 15.6. The van der Waals surface area contributed by atoms with E-state index in [1.165, 1.54) is 11.8 Å². The summed E-state index contributed by atoms with van der Waals surface area (Å²) in [5.41, 5.74) is 2.89. The SMILES string of the molecule is COc1cc2c(cc1NC(=O)c1c(C)nc(-c3ccco3)nc1SC)oc1ccccc12. The van der Waals surface area contributed by atoms with Crippen LogP contribution >= 0.6 is 11.8 Å². The number of furan rings is 2. The number of aromatic nitrogens is 2. The molecule has 0 aliphatic rings. The molecule has 160 valence electrons. The summed E-state index contributed by atoms with van der Waals surface area (Å²) in [4.78, 5) is 22.3. The van der Waals surface area contributed by atoms with Gasteiger partial charge in [0.15, 0.2) is 11.6 Å². The van der Waals surface area contributed by atoms with Gasteiger partial charge in [0.1, 0.15) is 21.9 Å². The second-order valence-corrected chi connectivity index (χ2v) is 7.89. The van der Waals surface area contributed by atoms with E-state index in [1.807, 2.05) is 36.6 Å². The largest absolute Gasteiger partial charge is 0.495 e. The van der Waals surface area contributed by atoms with Gasteiger partial charge >= 0.3 is 0 Å². The number of carbonyl (C=O) groups is 1. The van der Waals surface area contributed by atoms with Crippen LogP contribution in [-0.4, -0.2) is 29.2 Å². The monoisotopic (exact) mass is 445 g/mol. The molecule has 0 aliphatic carbocycles. The molecule has 0 atom stereocenters. The molecule has 5 rings (SSSR count). The summed E-state index contributed by atoms with van der Waals surface area (Å²) in [6.45, 7) is 1.78. The number of hydrogen-bond acceptors (Lipinski definition) is 7. The molecule has 3 aromatic heterocycles. The molecule has 0 unspecified atom stereocenters. The molecule has 3 heterocycles. The zero-order chi connectivity index (χ0) is 22.2. The Labute approximate surface area is 187 Å². The van der Waals surface area contributed by atoms with E-state index in [4.69, 9.17) is 13.6 Å². The van der Waals surface area contributed by atoms with Crippen LogP contribution in [0.4, 0.5) is 5.69 Å². The quantitative estimate of drug-likeness (QED) is 0.265. The van der Waals surface area contributed by atoms with Crippen LogP contribution in [0.1, 0.15) is 16.1 Å². The first kappa shape index (κ1) is 20.1. The number of anilines is 1. The van der Waals surface area contributed by atoms with Crippen molar-refractivity contribution in [1.82, 2.24) is 9.97 Å². The van der Waals surface area contributed by atoms with E-state index in [1.54, 1.807) is 38.5 Å². The summed E-state index contributed by atoms with van der Waals surface area (Å²) in [7, 11) is 1.57. The van der Waals surface area contributed by atoms with Gasteiger partial charge in [0.05, 0.1) is 30.3 Å². The fraction of sp³-hybridized carbons (Fsp3) is 0.125. The van der Waals surface area contributed by atoms with Crippen molar-refractivity contribution in [1.29, 1.82) is 0 Å². The van der Waals surface area contributed by atoms with Gasteiger partial charge in [-0.05, 0) is 37.4 Å². The van der Waals surface area contributed by atoms with Gasteiger partial charge < -0.3 is 18.9 Å². The predicted octanol–water partition coefficient (Wildman–Crippen LogP) is 5.93. The maximum Gasteiger partial charge on any atom is 0.260 e. The Hall–Kier alpha value is -3.78. The lowest BCUT2D eigenvalue weighted by Crippen LogP contribution is -2.17. The van der Waals surface area contributed by atoms with Crippen molar-refractivity contribution in [2.75, 3.05) is 18.7 Å². The van der Waals surface area contributed by atoms with E-state index in [9.17, 15) is 4.79 Å². The molecule has 0 bridgehead atoms. The Kier molecular flexibility index (Phi) is 5.07. The Bertz CT molecular complexity index is 1460. The van der Waals surface area contributed by atoms with Gasteiger partial charge in [-0.1, -0.05) is 18.2 Å². The lowest BCUT2D eigenvalue weighted by Gasteiger charge is -2.13. The topological polar surface area (TPSA) is 90.4 Å². The van der Waals surface area contributed by atoms with Gasteiger partial charge in [-0.3, -0.25) is 4.79 Å². The first-order valence-corrected chi connectivity index (χ1v) is 11.1. The summed E-state index contributed by atoms with van der Waals surface area (Å²) in [6, 6.07) is 15.0. The number of hydrogen-bond donors (Lipinski definition) is 1. The van der Waals surface area contributed by atoms with Gasteiger partial charge in [-0.2, -0.15) is 0 Å². The van der Waals surface area contributed by atoms with Crippen molar-refractivity contribution in [2.45, 2.75) is 11.9 Å². The highest BCUT2D eigenvalue weighted by atomic mass is 32.2. The minimum absolute atomic E-state index is 0.327. The number of thioether (sulfide) groups is 1. The number of benzene rings is 2. The lowest BCUT2D eigenvalue weighted by molar-refractivity contribution is 0.102. The van der Waals surface area contributed by atoms with Gasteiger partial charge in [-0.25, -0.2) is 9.97 Å². The number of amides is 1. The Morgan fingerprint density at radius 1 is 1.06 bits per heavy atom. The van der Waals surface area contributed by atoms with E-state index in [2.05, 4.69) is 15.3 Å². The fourth-order valence-corrected chi connectivity index (χ4v) is 4.30. The van der Waals surface area contributed by atoms with Gasteiger partial charge in [0.25, 0.3) is 5.91 Å².